The molecule has 2 rings (SSSR count). The van der Waals surface area contributed by atoms with Gasteiger partial charge < -0.3 is 20.8 Å². The molecule has 0 aromatic heterocycles. The van der Waals surface area contributed by atoms with Crippen molar-refractivity contribution < 1.29 is 19.8 Å². The second kappa shape index (κ2) is 6.68. The van der Waals surface area contributed by atoms with Crippen LogP contribution in [-0.4, -0.2) is 27.3 Å². The number of rotatable bonds is 4. The van der Waals surface area contributed by atoms with Crippen LogP contribution in [0, 0.1) is 0 Å². The Hall–Kier alpha value is -2.93. The molecule has 0 atom stereocenters. The van der Waals surface area contributed by atoms with Crippen LogP contribution < -0.4 is 10.6 Å². The molecule has 0 aliphatic heterocycles. The highest BCUT2D eigenvalue weighted by atomic mass is 32.1. The van der Waals surface area contributed by atoms with E-state index >= 15 is 0 Å². The summed E-state index contributed by atoms with van der Waals surface area (Å²) in [5.41, 5.74) is 0.580. The van der Waals surface area contributed by atoms with Crippen molar-refractivity contribution in [1.29, 1.82) is 0 Å². The van der Waals surface area contributed by atoms with Gasteiger partial charge in [0.1, 0.15) is 0 Å². The maximum Gasteiger partial charge on any atom is 0.336 e. The molecule has 0 radical (unpaired) electrons. The van der Waals surface area contributed by atoms with E-state index in [1.54, 1.807) is 0 Å². The standard InChI is InChI=1S/C15H12N2O4S/c18-13(19)11-7-6-10(8-12(11)14(20)21)17-15(22)16-9-4-2-1-3-5-9/h1-8H,(H,18,19)(H,20,21)(H2,16,17,22). The number of nitrogens with one attached hydrogen (secondary N) is 2. The lowest BCUT2D eigenvalue weighted by molar-refractivity contribution is 0.0651. The van der Waals surface area contributed by atoms with Gasteiger partial charge in [-0.25, -0.2) is 9.59 Å². The van der Waals surface area contributed by atoms with Crippen LogP contribution in [-0.2, 0) is 0 Å². The van der Waals surface area contributed by atoms with Crippen LogP contribution in [0.25, 0.3) is 0 Å². The molecule has 0 bridgehead atoms. The van der Waals surface area contributed by atoms with Crippen LogP contribution in [0.1, 0.15) is 20.7 Å². The smallest absolute Gasteiger partial charge is 0.336 e. The summed E-state index contributed by atoms with van der Waals surface area (Å²) in [6.07, 6.45) is 0. The quantitative estimate of drug-likeness (QED) is 0.644. The van der Waals surface area contributed by atoms with Crippen molar-refractivity contribution in [2.45, 2.75) is 0 Å². The molecule has 2 aromatic carbocycles. The minimum Gasteiger partial charge on any atom is -0.478 e. The Bertz CT molecular complexity index is 732. The van der Waals surface area contributed by atoms with Crippen LogP contribution in [0.2, 0.25) is 0 Å². The molecule has 0 spiro atoms. The zero-order valence-electron chi connectivity index (χ0n) is 11.2. The third kappa shape index (κ3) is 3.80. The fourth-order valence-electron chi connectivity index (χ4n) is 1.80. The van der Waals surface area contributed by atoms with E-state index in [4.69, 9.17) is 22.4 Å². The van der Waals surface area contributed by atoms with Crippen molar-refractivity contribution in [2.24, 2.45) is 0 Å². The van der Waals surface area contributed by atoms with E-state index in [0.717, 1.165) is 5.69 Å². The van der Waals surface area contributed by atoms with Crippen molar-refractivity contribution in [3.63, 3.8) is 0 Å². The number of para-hydroxylation sites is 1. The topological polar surface area (TPSA) is 98.7 Å². The first kappa shape index (κ1) is 15.5. The average Bonchev–Trinajstić information content (AvgIpc) is 2.47. The number of anilines is 2. The monoisotopic (exact) mass is 316 g/mol. The molecule has 0 aliphatic rings. The molecule has 7 heteroatoms. The molecule has 0 aliphatic carbocycles. The van der Waals surface area contributed by atoms with E-state index in [2.05, 4.69) is 10.6 Å². The normalized spacial score (nSPS) is 9.82. The number of thiocarbonyl (C=S) groups is 1. The van der Waals surface area contributed by atoms with Crippen molar-refractivity contribution in [1.82, 2.24) is 0 Å². The van der Waals surface area contributed by atoms with Crippen LogP contribution in [0.15, 0.2) is 48.5 Å². The first-order valence-electron chi connectivity index (χ1n) is 6.21. The molecule has 0 saturated carbocycles. The largest absolute Gasteiger partial charge is 0.478 e. The summed E-state index contributed by atoms with van der Waals surface area (Å²) in [7, 11) is 0. The first-order chi connectivity index (χ1) is 10.5. The molecule has 22 heavy (non-hydrogen) atoms. The van der Waals surface area contributed by atoms with Crippen LogP contribution >= 0.6 is 12.2 Å². The maximum atomic E-state index is 11.1. The lowest BCUT2D eigenvalue weighted by Gasteiger charge is -2.11. The minimum absolute atomic E-state index is 0.269. The van der Waals surface area contributed by atoms with E-state index in [-0.39, 0.29) is 16.2 Å². The highest BCUT2D eigenvalue weighted by molar-refractivity contribution is 7.80. The molecule has 6 nitrogen and oxygen atoms in total. The molecule has 0 unspecified atom stereocenters. The van der Waals surface area contributed by atoms with Gasteiger partial charge in [0.05, 0.1) is 11.1 Å². The molecule has 2 aromatic rings. The molecule has 0 amide bonds. The lowest BCUT2D eigenvalue weighted by atomic mass is 10.1. The molecule has 4 N–H and O–H groups in total. The number of hydrogen-bond donors (Lipinski definition) is 4. The van der Waals surface area contributed by atoms with E-state index in [1.807, 2.05) is 30.3 Å². The zero-order chi connectivity index (χ0) is 16.1. The molecular weight excluding hydrogens is 304 g/mol. The number of carboxylic acids is 2. The SMILES string of the molecule is O=C(O)c1ccc(NC(=S)Nc2ccccc2)cc1C(=O)O. The van der Waals surface area contributed by atoms with Gasteiger partial charge in [-0.05, 0) is 42.5 Å². The van der Waals surface area contributed by atoms with E-state index < -0.39 is 11.9 Å². The third-order valence-corrected chi connectivity index (χ3v) is 2.97. The number of carboxylic acid groups (broad SMARTS) is 2. The van der Waals surface area contributed by atoms with Crippen molar-refractivity contribution in [3.8, 4) is 0 Å². The highest BCUT2D eigenvalue weighted by Crippen LogP contribution is 2.17. The fraction of sp³-hybridized carbons (Fsp3) is 0. The molecular formula is C15H12N2O4S. The number of benzene rings is 2. The second-order valence-electron chi connectivity index (χ2n) is 4.32. The van der Waals surface area contributed by atoms with Gasteiger partial charge in [0.2, 0.25) is 0 Å². The molecule has 0 heterocycles. The Morgan fingerprint density at radius 2 is 1.41 bits per heavy atom. The van der Waals surface area contributed by atoms with Gasteiger partial charge in [-0.15, -0.1) is 0 Å². The number of carbonyl (C=O) groups is 2. The highest BCUT2D eigenvalue weighted by Gasteiger charge is 2.16. The Labute approximate surface area is 131 Å². The maximum absolute atomic E-state index is 11.1. The molecule has 0 saturated heterocycles. The Morgan fingerprint density at radius 1 is 0.818 bits per heavy atom. The number of aromatic carboxylic acids is 2. The van der Waals surface area contributed by atoms with Crippen molar-refractivity contribution in [3.05, 3.63) is 59.7 Å². The molecule has 112 valence electrons. The van der Waals surface area contributed by atoms with Gasteiger partial charge in [0, 0.05) is 11.4 Å². The summed E-state index contributed by atoms with van der Waals surface area (Å²) < 4.78 is 0. The van der Waals surface area contributed by atoms with Gasteiger partial charge >= 0.3 is 11.9 Å². The summed E-state index contributed by atoms with van der Waals surface area (Å²) in [4.78, 5) is 22.1. The van der Waals surface area contributed by atoms with Crippen LogP contribution in [0.4, 0.5) is 11.4 Å². The van der Waals surface area contributed by atoms with Crippen LogP contribution in [0.5, 0.6) is 0 Å². The zero-order valence-corrected chi connectivity index (χ0v) is 12.1. The average molecular weight is 316 g/mol. The summed E-state index contributed by atoms with van der Waals surface area (Å²) in [5, 5.41) is 24.0. The fourth-order valence-corrected chi connectivity index (χ4v) is 2.04. The van der Waals surface area contributed by atoms with Crippen molar-refractivity contribution >= 4 is 40.6 Å². The lowest BCUT2D eigenvalue weighted by Crippen LogP contribution is -2.19. The van der Waals surface area contributed by atoms with Crippen molar-refractivity contribution in [2.75, 3.05) is 10.6 Å². The summed E-state index contributed by atoms with van der Waals surface area (Å²) in [5.74, 6) is -2.61. The van der Waals surface area contributed by atoms with Gasteiger partial charge in [-0.1, -0.05) is 18.2 Å². The van der Waals surface area contributed by atoms with Crippen LogP contribution in [0.3, 0.4) is 0 Å². The Kier molecular flexibility index (Phi) is 4.70. The summed E-state index contributed by atoms with van der Waals surface area (Å²) in [6.45, 7) is 0. The summed E-state index contributed by atoms with van der Waals surface area (Å²) >= 11 is 5.13. The van der Waals surface area contributed by atoms with E-state index in [0.29, 0.717) is 5.69 Å². The number of hydrogen-bond acceptors (Lipinski definition) is 3. The van der Waals surface area contributed by atoms with Gasteiger partial charge in [-0.2, -0.15) is 0 Å². The second-order valence-corrected chi connectivity index (χ2v) is 4.72. The van der Waals surface area contributed by atoms with E-state index in [9.17, 15) is 9.59 Å². The minimum atomic E-state index is -1.32. The summed E-state index contributed by atoms with van der Waals surface area (Å²) in [6, 6.07) is 13.1. The predicted octanol–water partition coefficient (Wildman–Crippen LogP) is 2.89. The van der Waals surface area contributed by atoms with Gasteiger partial charge in [-0.3, -0.25) is 0 Å². The molecule has 0 fully saturated rings. The van der Waals surface area contributed by atoms with E-state index in [1.165, 1.54) is 18.2 Å². The Balaban J connectivity index is 2.16. The van der Waals surface area contributed by atoms with Gasteiger partial charge in [0.15, 0.2) is 5.11 Å². The Morgan fingerprint density at radius 3 is 2.00 bits per heavy atom. The first-order valence-corrected chi connectivity index (χ1v) is 6.62. The third-order valence-electron chi connectivity index (χ3n) is 2.77. The van der Waals surface area contributed by atoms with Gasteiger partial charge in [0.25, 0.3) is 0 Å². The predicted molar refractivity (Wildman–Crippen MR) is 86.6 cm³/mol.